The number of hydrogen-bond acceptors (Lipinski definition) is 3. The average molecular weight is 474 g/mol. The van der Waals surface area contributed by atoms with E-state index in [0.29, 0.717) is 49.3 Å². The van der Waals surface area contributed by atoms with Crippen molar-refractivity contribution in [3.63, 3.8) is 0 Å². The van der Waals surface area contributed by atoms with Crippen molar-refractivity contribution in [1.82, 2.24) is 14.8 Å². The highest BCUT2D eigenvalue weighted by molar-refractivity contribution is 6.42. The fraction of sp³-hybridized carbons (Fsp3) is 0.333. The van der Waals surface area contributed by atoms with Gasteiger partial charge in [0.1, 0.15) is 0 Å². The van der Waals surface area contributed by atoms with E-state index in [2.05, 4.69) is 4.98 Å². The van der Waals surface area contributed by atoms with E-state index in [4.69, 9.17) is 27.9 Å². The number of rotatable bonds is 5. The topological polar surface area (TPSA) is 65.6 Å². The second-order valence-electron chi connectivity index (χ2n) is 7.79. The molecule has 0 saturated carbocycles. The molecule has 168 valence electrons. The lowest BCUT2D eigenvalue weighted by atomic mass is 9.87. The van der Waals surface area contributed by atoms with E-state index in [1.165, 1.54) is 0 Å². The van der Waals surface area contributed by atoms with Crippen LogP contribution in [0.2, 0.25) is 10.0 Å². The number of amides is 2. The van der Waals surface area contributed by atoms with Crippen molar-refractivity contribution in [2.75, 3.05) is 32.8 Å². The number of benzene rings is 2. The number of hydrogen-bond donors (Lipinski definition) is 1. The summed E-state index contributed by atoms with van der Waals surface area (Å²) in [5.41, 5.74) is 2.99. The molecule has 2 amide bonds. The Hall–Kier alpha value is -2.70. The van der Waals surface area contributed by atoms with Crippen LogP contribution in [0.5, 0.6) is 0 Å². The molecule has 1 atom stereocenters. The van der Waals surface area contributed by atoms with Crippen LogP contribution < -0.4 is 0 Å². The van der Waals surface area contributed by atoms with Crippen LogP contribution in [0.15, 0.2) is 48.7 Å². The van der Waals surface area contributed by atoms with Crippen LogP contribution in [0.3, 0.4) is 0 Å². The molecule has 0 radical (unpaired) electrons. The molecule has 0 aliphatic carbocycles. The number of nitrogens with one attached hydrogen (secondary N) is 1. The van der Waals surface area contributed by atoms with Gasteiger partial charge in [-0.05, 0) is 36.2 Å². The van der Waals surface area contributed by atoms with Crippen LogP contribution in [0.1, 0.15) is 30.4 Å². The van der Waals surface area contributed by atoms with E-state index < -0.39 is 0 Å². The molecule has 1 aromatic heterocycles. The van der Waals surface area contributed by atoms with Crippen LogP contribution in [-0.2, 0) is 9.53 Å². The third-order valence-corrected chi connectivity index (χ3v) is 6.62. The van der Waals surface area contributed by atoms with Gasteiger partial charge in [-0.15, -0.1) is 0 Å². The van der Waals surface area contributed by atoms with Gasteiger partial charge in [0, 0.05) is 55.6 Å². The highest BCUT2D eigenvalue weighted by atomic mass is 35.5. The monoisotopic (exact) mass is 473 g/mol. The van der Waals surface area contributed by atoms with Crippen molar-refractivity contribution < 1.29 is 14.3 Å². The van der Waals surface area contributed by atoms with Crippen molar-refractivity contribution in [3.05, 3.63) is 69.8 Å². The Labute approximate surface area is 197 Å². The molecule has 1 fully saturated rings. The van der Waals surface area contributed by atoms with E-state index >= 15 is 0 Å². The predicted molar refractivity (Wildman–Crippen MR) is 126 cm³/mol. The second kappa shape index (κ2) is 9.84. The van der Waals surface area contributed by atoms with Crippen molar-refractivity contribution in [2.45, 2.75) is 19.3 Å². The molecule has 32 heavy (non-hydrogen) atoms. The zero-order valence-electron chi connectivity index (χ0n) is 17.8. The number of ether oxygens (including phenoxy) is 1. The highest BCUT2D eigenvalue weighted by Crippen LogP contribution is 2.36. The standard InChI is InChI=1S/C24H25Cl2N3O3/c1-2-32-24(31)29-11-9-28(10-12-29)23(30)14-18(16-7-8-20(25)21(26)13-16)19-15-27-22-6-4-3-5-17(19)22/h3-8,13,15,18,27H,2,9-12,14H2,1H3/t18-/m0/s1. The second-order valence-corrected chi connectivity index (χ2v) is 8.60. The summed E-state index contributed by atoms with van der Waals surface area (Å²) in [6.07, 6.45) is 1.93. The summed E-state index contributed by atoms with van der Waals surface area (Å²) in [5.74, 6) is -0.147. The van der Waals surface area contributed by atoms with Gasteiger partial charge in [-0.3, -0.25) is 4.79 Å². The third-order valence-electron chi connectivity index (χ3n) is 5.88. The van der Waals surface area contributed by atoms with E-state index in [0.717, 1.165) is 22.0 Å². The first-order valence-corrected chi connectivity index (χ1v) is 11.4. The molecule has 4 rings (SSSR count). The first-order chi connectivity index (χ1) is 15.5. The molecule has 2 heterocycles. The van der Waals surface area contributed by atoms with Crippen LogP contribution in [0.4, 0.5) is 4.79 Å². The van der Waals surface area contributed by atoms with Gasteiger partial charge in [0.05, 0.1) is 16.7 Å². The first-order valence-electron chi connectivity index (χ1n) is 10.7. The molecule has 1 N–H and O–H groups in total. The summed E-state index contributed by atoms with van der Waals surface area (Å²) in [4.78, 5) is 32.0. The number of carbonyl (C=O) groups is 2. The Kier molecular flexibility index (Phi) is 6.92. The molecule has 1 saturated heterocycles. The Morgan fingerprint density at radius 3 is 2.47 bits per heavy atom. The minimum atomic E-state index is -0.327. The number of nitrogens with zero attached hydrogens (tertiary/aromatic N) is 2. The summed E-state index contributed by atoms with van der Waals surface area (Å²) in [7, 11) is 0. The van der Waals surface area contributed by atoms with E-state index in [9.17, 15) is 9.59 Å². The highest BCUT2D eigenvalue weighted by Gasteiger charge is 2.28. The summed E-state index contributed by atoms with van der Waals surface area (Å²) < 4.78 is 5.07. The van der Waals surface area contributed by atoms with Gasteiger partial charge in [-0.1, -0.05) is 47.5 Å². The number of fused-ring (bicyclic) bond motifs is 1. The van der Waals surface area contributed by atoms with Gasteiger partial charge in [0.15, 0.2) is 0 Å². The maximum atomic E-state index is 13.3. The molecule has 6 nitrogen and oxygen atoms in total. The van der Waals surface area contributed by atoms with Crippen molar-refractivity contribution >= 4 is 46.1 Å². The van der Waals surface area contributed by atoms with Crippen molar-refractivity contribution in [2.24, 2.45) is 0 Å². The van der Waals surface area contributed by atoms with Crippen LogP contribution in [-0.4, -0.2) is 59.6 Å². The quantitative estimate of drug-likeness (QED) is 0.546. The molecule has 0 unspecified atom stereocenters. The summed E-state index contributed by atoms with van der Waals surface area (Å²) in [6.45, 7) is 4.03. The van der Waals surface area contributed by atoms with Gasteiger partial charge in [0.2, 0.25) is 5.91 Å². The fourth-order valence-corrected chi connectivity index (χ4v) is 4.48. The van der Waals surface area contributed by atoms with Crippen molar-refractivity contribution in [3.8, 4) is 0 Å². The zero-order valence-corrected chi connectivity index (χ0v) is 19.3. The number of piperazine rings is 1. The van der Waals surface area contributed by atoms with Gasteiger partial charge < -0.3 is 19.5 Å². The van der Waals surface area contributed by atoms with Crippen LogP contribution in [0.25, 0.3) is 10.9 Å². The number of para-hydroxylation sites is 1. The number of aromatic nitrogens is 1. The fourth-order valence-electron chi connectivity index (χ4n) is 4.18. The maximum absolute atomic E-state index is 13.3. The smallest absolute Gasteiger partial charge is 0.409 e. The number of aromatic amines is 1. The Bertz CT molecular complexity index is 1120. The molecular weight excluding hydrogens is 449 g/mol. The summed E-state index contributed by atoms with van der Waals surface area (Å²) in [5, 5.41) is 2.02. The summed E-state index contributed by atoms with van der Waals surface area (Å²) in [6, 6.07) is 13.6. The molecular formula is C24H25Cl2N3O3. The number of H-pyrrole nitrogens is 1. The first kappa shape index (κ1) is 22.5. The Morgan fingerprint density at radius 2 is 1.75 bits per heavy atom. The molecule has 8 heteroatoms. The van der Waals surface area contributed by atoms with Crippen molar-refractivity contribution in [1.29, 1.82) is 0 Å². The minimum absolute atomic E-state index is 0.0369. The molecule has 0 spiro atoms. The molecule has 3 aromatic rings. The van der Waals surface area contributed by atoms with Gasteiger partial charge in [0.25, 0.3) is 0 Å². The molecule has 0 bridgehead atoms. The molecule has 2 aromatic carbocycles. The number of carbonyl (C=O) groups excluding carboxylic acids is 2. The van der Waals surface area contributed by atoms with Crippen LogP contribution >= 0.6 is 23.2 Å². The lowest BCUT2D eigenvalue weighted by Gasteiger charge is -2.34. The number of halogens is 2. The Morgan fingerprint density at radius 1 is 1.03 bits per heavy atom. The molecule has 1 aliphatic rings. The van der Waals surface area contributed by atoms with Gasteiger partial charge >= 0.3 is 6.09 Å². The molecule has 1 aliphatic heterocycles. The minimum Gasteiger partial charge on any atom is -0.450 e. The van der Waals surface area contributed by atoms with E-state index in [1.54, 1.807) is 17.9 Å². The maximum Gasteiger partial charge on any atom is 0.409 e. The van der Waals surface area contributed by atoms with E-state index in [-0.39, 0.29) is 17.9 Å². The lowest BCUT2D eigenvalue weighted by molar-refractivity contribution is -0.133. The zero-order chi connectivity index (χ0) is 22.7. The normalized spacial score (nSPS) is 15.1. The average Bonchev–Trinajstić information content (AvgIpc) is 3.23. The van der Waals surface area contributed by atoms with E-state index in [1.807, 2.05) is 47.5 Å². The van der Waals surface area contributed by atoms with Gasteiger partial charge in [-0.2, -0.15) is 0 Å². The third kappa shape index (κ3) is 4.71. The lowest BCUT2D eigenvalue weighted by Crippen LogP contribution is -2.50. The largest absolute Gasteiger partial charge is 0.450 e. The SMILES string of the molecule is CCOC(=O)N1CCN(C(=O)C[C@@H](c2ccc(Cl)c(Cl)c2)c2c[nH]c3ccccc23)CC1. The Balaban J connectivity index is 1.57. The summed E-state index contributed by atoms with van der Waals surface area (Å²) >= 11 is 12.4. The predicted octanol–water partition coefficient (Wildman–Crippen LogP) is 5.30. The van der Waals surface area contributed by atoms with Gasteiger partial charge in [-0.25, -0.2) is 4.79 Å². The van der Waals surface area contributed by atoms with Crippen LogP contribution in [0, 0.1) is 0 Å².